The largest absolute Gasteiger partial charge is 0.445 e. The van der Waals surface area contributed by atoms with Crippen molar-refractivity contribution in [3.8, 4) is 0 Å². The molecule has 10 atom stereocenters. The molecule has 8 rings (SSSR count). The molecule has 5 aliphatic rings. The lowest BCUT2D eigenvalue weighted by Crippen LogP contribution is -2.44. The third-order valence-electron chi connectivity index (χ3n) is 13.9. The van der Waals surface area contributed by atoms with Gasteiger partial charge in [-0.05, 0) is 121 Å². The molecule has 5 fully saturated rings. The van der Waals surface area contributed by atoms with Crippen molar-refractivity contribution in [1.82, 2.24) is 51.9 Å². The highest BCUT2D eigenvalue weighted by Gasteiger charge is 2.41. The molecule has 560 valence electrons. The highest BCUT2D eigenvalue weighted by atomic mass is 19.2. The number of likely N-dealkylation sites (tertiary alicyclic amines) is 3. The highest BCUT2D eigenvalue weighted by Crippen LogP contribution is 2.21. The standard InChI is InChI=1S/3C17H23FN2O4.2C9H17FN2O2/c3*1-17(2,3)24-15(21)19-14-10-20(9-13(14)18)16(22)23-11-12-7-5-4-6-8-12;2*1-9(2,3)14-8(13)12-7-5-11-4-6(7)10/h3*4-8,13-14H,9-11H2,1-3H3,(H,19,21);2*6-7,11H,4-5H2,1-3H3,(H,12,13). The summed E-state index contributed by atoms with van der Waals surface area (Å²) in [5.74, 6) is 0. The molecule has 5 aliphatic heterocycles. The van der Waals surface area contributed by atoms with Crippen molar-refractivity contribution in [2.45, 2.75) is 213 Å². The maximum Gasteiger partial charge on any atom is 0.410 e. The first-order valence-corrected chi connectivity index (χ1v) is 33.0. The summed E-state index contributed by atoms with van der Waals surface area (Å²) in [6, 6.07) is 24.3. The second-order valence-corrected chi connectivity index (χ2v) is 29.0. The van der Waals surface area contributed by atoms with Gasteiger partial charge in [-0.15, -0.1) is 0 Å². The van der Waals surface area contributed by atoms with Gasteiger partial charge in [-0.3, -0.25) is 0 Å². The van der Waals surface area contributed by atoms with Crippen molar-refractivity contribution in [2.75, 3.05) is 65.4 Å². The molecule has 3 aromatic rings. The van der Waals surface area contributed by atoms with E-state index in [1.54, 1.807) is 104 Å². The summed E-state index contributed by atoms with van der Waals surface area (Å²) in [4.78, 5) is 97.4. The monoisotopic (exact) mass is 1420 g/mol. The molecule has 8 amide bonds. The summed E-state index contributed by atoms with van der Waals surface area (Å²) < 4.78 is 109. The van der Waals surface area contributed by atoms with E-state index in [0.717, 1.165) is 16.7 Å². The van der Waals surface area contributed by atoms with Gasteiger partial charge in [-0.25, -0.2) is 60.3 Å². The molecule has 3 aromatic carbocycles. The van der Waals surface area contributed by atoms with E-state index in [-0.39, 0.29) is 59.1 Å². The van der Waals surface area contributed by atoms with Crippen molar-refractivity contribution in [3.05, 3.63) is 108 Å². The molecule has 5 heterocycles. The molecule has 100 heavy (non-hydrogen) atoms. The zero-order valence-corrected chi connectivity index (χ0v) is 59.9. The first-order valence-electron chi connectivity index (χ1n) is 33.0. The first kappa shape index (κ1) is 83.8. The van der Waals surface area contributed by atoms with E-state index in [9.17, 15) is 60.3 Å². The third kappa shape index (κ3) is 34.0. The minimum absolute atomic E-state index is 0.0496. The third-order valence-corrected chi connectivity index (χ3v) is 13.9. The summed E-state index contributed by atoms with van der Waals surface area (Å²) in [7, 11) is 0. The van der Waals surface area contributed by atoms with Crippen LogP contribution >= 0.6 is 0 Å². The number of alkyl halides is 5. The van der Waals surface area contributed by atoms with Crippen LogP contribution in [-0.2, 0) is 57.7 Å². The molecule has 0 spiro atoms. The summed E-state index contributed by atoms with van der Waals surface area (Å²) in [6.07, 6.45) is -11.2. The van der Waals surface area contributed by atoms with Gasteiger partial charge in [-0.2, -0.15) is 0 Å². The Balaban J connectivity index is 0.000000270. The molecule has 31 heteroatoms. The molecule has 0 saturated carbocycles. The van der Waals surface area contributed by atoms with Gasteiger partial charge in [0, 0.05) is 45.8 Å². The number of hydrogen-bond donors (Lipinski definition) is 7. The fraction of sp³-hybridized carbons (Fsp3) is 0.623. The molecule has 10 unspecified atom stereocenters. The molecule has 0 aromatic heterocycles. The minimum atomic E-state index is -1.36. The van der Waals surface area contributed by atoms with E-state index < -0.39 is 138 Å². The molecule has 0 radical (unpaired) electrons. The fourth-order valence-electron chi connectivity index (χ4n) is 9.45. The lowest BCUT2D eigenvalue weighted by molar-refractivity contribution is 0.0477. The summed E-state index contributed by atoms with van der Waals surface area (Å²) in [6.45, 7) is 27.8. The second-order valence-electron chi connectivity index (χ2n) is 29.0. The van der Waals surface area contributed by atoms with Crippen LogP contribution in [-0.4, -0.2) is 218 Å². The number of halogens is 5. The van der Waals surface area contributed by atoms with E-state index in [1.165, 1.54) is 14.7 Å². The average molecular weight is 1420 g/mol. The van der Waals surface area contributed by atoms with Crippen LogP contribution in [0.5, 0.6) is 0 Å². The highest BCUT2D eigenvalue weighted by molar-refractivity contribution is 5.73. The molecule has 0 aliphatic carbocycles. The van der Waals surface area contributed by atoms with E-state index in [0.29, 0.717) is 26.2 Å². The number of rotatable bonds is 11. The summed E-state index contributed by atoms with van der Waals surface area (Å²) in [5.41, 5.74) is -0.515. The Hall–Kier alpha value is -8.61. The smallest absolute Gasteiger partial charge is 0.410 e. The zero-order chi connectivity index (χ0) is 74.8. The topological polar surface area (TPSA) is 304 Å². The van der Waals surface area contributed by atoms with Crippen LogP contribution in [0, 0.1) is 0 Å². The Morgan fingerprint density at radius 3 is 0.730 bits per heavy atom. The molecular weight excluding hydrogens is 1320 g/mol. The van der Waals surface area contributed by atoms with Gasteiger partial charge >= 0.3 is 48.7 Å². The van der Waals surface area contributed by atoms with Crippen LogP contribution < -0.4 is 37.2 Å². The summed E-state index contributed by atoms with van der Waals surface area (Å²) in [5, 5.41) is 18.0. The molecule has 7 N–H and O–H groups in total. The van der Waals surface area contributed by atoms with Gasteiger partial charge in [0.2, 0.25) is 0 Å². The van der Waals surface area contributed by atoms with E-state index in [1.807, 2.05) is 91.0 Å². The van der Waals surface area contributed by atoms with Crippen LogP contribution in [0.1, 0.15) is 121 Å². The second kappa shape index (κ2) is 38.8. The number of nitrogens with one attached hydrogen (secondary N) is 7. The van der Waals surface area contributed by atoms with Crippen LogP contribution in [0.15, 0.2) is 91.0 Å². The van der Waals surface area contributed by atoms with Crippen molar-refractivity contribution in [2.24, 2.45) is 0 Å². The number of carbonyl (C=O) groups excluding carboxylic acids is 8. The molecular formula is C69H103F5N10O16. The lowest BCUT2D eigenvalue weighted by Gasteiger charge is -2.22. The van der Waals surface area contributed by atoms with E-state index in [4.69, 9.17) is 37.9 Å². The van der Waals surface area contributed by atoms with E-state index in [2.05, 4.69) is 37.2 Å². The number of nitrogens with zero attached hydrogens (tertiary/aromatic N) is 3. The summed E-state index contributed by atoms with van der Waals surface area (Å²) >= 11 is 0. The van der Waals surface area contributed by atoms with Crippen LogP contribution in [0.3, 0.4) is 0 Å². The van der Waals surface area contributed by atoms with Crippen LogP contribution in [0.2, 0.25) is 0 Å². The lowest BCUT2D eigenvalue weighted by atomic mass is 10.2. The molecule has 26 nitrogen and oxygen atoms in total. The predicted molar refractivity (Wildman–Crippen MR) is 361 cm³/mol. The van der Waals surface area contributed by atoms with Gasteiger partial charge in [-0.1, -0.05) is 91.0 Å². The van der Waals surface area contributed by atoms with E-state index >= 15 is 0 Å². The number of benzene rings is 3. The quantitative estimate of drug-likeness (QED) is 0.0693. The maximum absolute atomic E-state index is 14.0. The number of alkyl carbamates (subject to hydrolysis) is 5. The Labute approximate surface area is 582 Å². The average Bonchev–Trinajstić information content (AvgIpc) is 1.72. The Bertz CT molecular complexity index is 2760. The van der Waals surface area contributed by atoms with Crippen molar-refractivity contribution < 1.29 is 98.2 Å². The Morgan fingerprint density at radius 1 is 0.330 bits per heavy atom. The normalized spacial score (nSPS) is 22.5. The van der Waals surface area contributed by atoms with Crippen molar-refractivity contribution >= 4 is 48.7 Å². The van der Waals surface area contributed by atoms with Crippen molar-refractivity contribution in [3.63, 3.8) is 0 Å². The minimum Gasteiger partial charge on any atom is -0.445 e. The maximum atomic E-state index is 14.0. The Morgan fingerprint density at radius 2 is 0.540 bits per heavy atom. The number of carbonyl (C=O) groups is 8. The van der Waals surface area contributed by atoms with Gasteiger partial charge in [0.15, 0.2) is 0 Å². The van der Waals surface area contributed by atoms with Gasteiger partial charge < -0.3 is 89.8 Å². The Kier molecular flexibility index (Phi) is 32.5. The fourth-order valence-corrected chi connectivity index (χ4v) is 9.45. The first-order chi connectivity index (χ1) is 46.5. The van der Waals surface area contributed by atoms with Crippen molar-refractivity contribution in [1.29, 1.82) is 0 Å². The SMILES string of the molecule is CC(C)(C)OC(=O)NC1CN(C(=O)OCc2ccccc2)CC1F.CC(C)(C)OC(=O)NC1CN(C(=O)OCc2ccccc2)CC1F.CC(C)(C)OC(=O)NC1CN(C(=O)OCc2ccccc2)CC1F.CC(C)(C)OC(=O)NC1CNCC1F.CC(C)(C)OC(=O)NC1CNCC1F. The number of hydrogen-bond acceptors (Lipinski definition) is 18. The predicted octanol–water partition coefficient (Wildman–Crippen LogP) is 10.3. The number of amides is 8. The number of ether oxygens (including phenoxy) is 8. The van der Waals surface area contributed by atoms with Gasteiger partial charge in [0.25, 0.3) is 0 Å². The molecule has 0 bridgehead atoms. The van der Waals surface area contributed by atoms with Crippen LogP contribution in [0.25, 0.3) is 0 Å². The van der Waals surface area contributed by atoms with Crippen LogP contribution in [0.4, 0.5) is 60.3 Å². The molecule has 5 saturated heterocycles. The van der Waals surface area contributed by atoms with Gasteiger partial charge in [0.1, 0.15) is 78.7 Å². The van der Waals surface area contributed by atoms with Gasteiger partial charge in [0.05, 0.1) is 49.8 Å². The zero-order valence-electron chi connectivity index (χ0n) is 59.9.